The highest BCUT2D eigenvalue weighted by Crippen LogP contribution is 2.52. The topological polar surface area (TPSA) is 3.01 Å². The summed E-state index contributed by atoms with van der Waals surface area (Å²) in [6.07, 6.45) is 12.1. The molecular weight excluding hydrogens is 158 g/mol. The lowest BCUT2D eigenvalue weighted by Gasteiger charge is -2.21. The largest absolute Gasteiger partial charge is 0.294 e. The molecule has 3 fully saturated rings. The lowest BCUT2D eigenvalue weighted by molar-refractivity contribution is 0.347. The average Bonchev–Trinajstić information content (AvgIpc) is 2.65. The van der Waals surface area contributed by atoms with Crippen molar-refractivity contribution < 1.29 is 0 Å². The van der Waals surface area contributed by atoms with Crippen LogP contribution in [0.3, 0.4) is 0 Å². The molecule has 1 nitrogen and oxygen atoms in total. The van der Waals surface area contributed by atoms with E-state index in [1.165, 1.54) is 51.5 Å². The van der Waals surface area contributed by atoms with Crippen LogP contribution in [-0.2, 0) is 0 Å². The van der Waals surface area contributed by atoms with Crippen molar-refractivity contribution in [1.82, 2.24) is 4.90 Å². The Bertz CT molecular complexity index is 173. The zero-order valence-corrected chi connectivity index (χ0v) is 8.54. The highest BCUT2D eigenvalue weighted by Gasteiger charge is 2.59. The Labute approximate surface area is 81.5 Å². The van der Waals surface area contributed by atoms with E-state index in [-0.39, 0.29) is 0 Å². The second-order valence-corrected chi connectivity index (χ2v) is 5.20. The predicted octanol–water partition coefficient (Wildman–Crippen LogP) is 2.80. The molecule has 1 aliphatic carbocycles. The Morgan fingerprint density at radius 2 is 1.62 bits per heavy atom. The van der Waals surface area contributed by atoms with Gasteiger partial charge in [-0.1, -0.05) is 32.1 Å². The maximum absolute atomic E-state index is 2.77. The molecule has 0 radical (unpaired) electrons. The van der Waals surface area contributed by atoms with Crippen LogP contribution in [0.1, 0.15) is 51.4 Å². The first-order valence-electron chi connectivity index (χ1n) is 6.22. The van der Waals surface area contributed by atoms with Crippen molar-refractivity contribution in [2.75, 3.05) is 6.54 Å². The van der Waals surface area contributed by atoms with E-state index in [2.05, 4.69) is 4.90 Å². The van der Waals surface area contributed by atoms with E-state index < -0.39 is 0 Å². The van der Waals surface area contributed by atoms with Crippen molar-refractivity contribution in [3.8, 4) is 0 Å². The molecule has 3 aliphatic rings. The monoisotopic (exact) mass is 179 g/mol. The third-order valence-electron chi connectivity index (χ3n) is 4.38. The van der Waals surface area contributed by atoms with Crippen LogP contribution in [-0.4, -0.2) is 23.5 Å². The predicted molar refractivity (Wildman–Crippen MR) is 54.7 cm³/mol. The van der Waals surface area contributed by atoms with Crippen molar-refractivity contribution in [2.45, 2.75) is 63.5 Å². The van der Waals surface area contributed by atoms with Gasteiger partial charge in [-0.25, -0.2) is 0 Å². The summed E-state index contributed by atoms with van der Waals surface area (Å²) in [5, 5.41) is 0. The molecule has 0 amide bonds. The summed E-state index contributed by atoms with van der Waals surface area (Å²) >= 11 is 0. The van der Waals surface area contributed by atoms with Gasteiger partial charge in [0.2, 0.25) is 0 Å². The molecule has 0 aromatic rings. The molecule has 1 heteroatoms. The van der Waals surface area contributed by atoms with Crippen LogP contribution >= 0.6 is 0 Å². The summed E-state index contributed by atoms with van der Waals surface area (Å²) < 4.78 is 0. The fraction of sp³-hybridized carbons (Fsp3) is 1.00. The van der Waals surface area contributed by atoms with E-state index in [4.69, 9.17) is 0 Å². The lowest BCUT2D eigenvalue weighted by atomic mass is 9.81. The minimum absolute atomic E-state index is 1.06. The van der Waals surface area contributed by atoms with Crippen molar-refractivity contribution in [3.63, 3.8) is 0 Å². The second-order valence-electron chi connectivity index (χ2n) is 5.20. The molecule has 2 saturated heterocycles. The molecular formula is C12H21N. The summed E-state index contributed by atoms with van der Waals surface area (Å²) in [4.78, 5) is 2.77. The summed E-state index contributed by atoms with van der Waals surface area (Å²) in [5.74, 6) is 1.11. The summed E-state index contributed by atoms with van der Waals surface area (Å²) in [6, 6.07) is 2.13. The van der Waals surface area contributed by atoms with Gasteiger partial charge in [-0.05, 0) is 31.7 Å². The summed E-state index contributed by atoms with van der Waals surface area (Å²) in [7, 11) is 0. The van der Waals surface area contributed by atoms with Gasteiger partial charge < -0.3 is 0 Å². The van der Waals surface area contributed by atoms with Crippen LogP contribution in [0.25, 0.3) is 0 Å². The van der Waals surface area contributed by atoms with Crippen LogP contribution in [0.15, 0.2) is 0 Å². The molecule has 0 aromatic heterocycles. The Morgan fingerprint density at radius 3 is 2.54 bits per heavy atom. The highest BCUT2D eigenvalue weighted by molar-refractivity contribution is 5.15. The maximum Gasteiger partial charge on any atom is 0.0284 e. The first-order chi connectivity index (χ1) is 6.47. The Kier molecular flexibility index (Phi) is 2.08. The standard InChI is InChI=1S/C12H21N/c1-2-4-6-8-13-11-9-10(12(11)13)7-5-3-1/h10-12H,1-9H2. The van der Waals surface area contributed by atoms with Gasteiger partial charge in [0.05, 0.1) is 0 Å². The SMILES string of the molecule is C1CCCCN2C3CC(CCC1)C32. The van der Waals surface area contributed by atoms with E-state index in [1.807, 2.05) is 0 Å². The van der Waals surface area contributed by atoms with Crippen molar-refractivity contribution in [1.29, 1.82) is 0 Å². The molecule has 13 heavy (non-hydrogen) atoms. The van der Waals surface area contributed by atoms with Crippen molar-refractivity contribution >= 4 is 0 Å². The molecule has 3 rings (SSSR count). The molecule has 0 bridgehead atoms. The van der Waals surface area contributed by atoms with E-state index in [1.54, 1.807) is 6.42 Å². The molecule has 0 aromatic carbocycles. The second kappa shape index (κ2) is 3.27. The number of rotatable bonds is 0. The Morgan fingerprint density at radius 1 is 0.846 bits per heavy atom. The fourth-order valence-electron chi connectivity index (χ4n) is 3.48. The van der Waals surface area contributed by atoms with Gasteiger partial charge in [0.1, 0.15) is 0 Å². The maximum atomic E-state index is 2.77. The minimum atomic E-state index is 1.06. The molecule has 4 atom stereocenters. The molecule has 0 N–H and O–H groups in total. The highest BCUT2D eigenvalue weighted by atomic mass is 15.4. The van der Waals surface area contributed by atoms with Crippen LogP contribution < -0.4 is 0 Å². The van der Waals surface area contributed by atoms with Gasteiger partial charge in [0.15, 0.2) is 0 Å². The lowest BCUT2D eigenvalue weighted by Crippen LogP contribution is -2.23. The first kappa shape index (κ1) is 8.28. The van der Waals surface area contributed by atoms with Gasteiger partial charge in [-0.15, -0.1) is 0 Å². The third kappa shape index (κ3) is 1.41. The fourth-order valence-corrected chi connectivity index (χ4v) is 3.48. The van der Waals surface area contributed by atoms with Crippen LogP contribution in [0.2, 0.25) is 0 Å². The van der Waals surface area contributed by atoms with Crippen LogP contribution in [0.4, 0.5) is 0 Å². The Balaban J connectivity index is 1.55. The summed E-state index contributed by atoms with van der Waals surface area (Å²) in [5.41, 5.74) is 0. The number of fused-ring (bicyclic) bond motifs is 1. The zero-order chi connectivity index (χ0) is 8.67. The number of nitrogens with zero attached hydrogens (tertiary/aromatic N) is 1. The van der Waals surface area contributed by atoms with Crippen LogP contribution in [0.5, 0.6) is 0 Å². The Hall–Kier alpha value is -0.0400. The molecule has 4 unspecified atom stereocenters. The number of hydrogen-bond acceptors (Lipinski definition) is 1. The molecule has 2 heterocycles. The van der Waals surface area contributed by atoms with Gasteiger partial charge in [0.25, 0.3) is 0 Å². The minimum Gasteiger partial charge on any atom is -0.294 e. The van der Waals surface area contributed by atoms with E-state index in [0.717, 1.165) is 18.0 Å². The third-order valence-corrected chi connectivity index (χ3v) is 4.38. The van der Waals surface area contributed by atoms with Crippen molar-refractivity contribution in [3.05, 3.63) is 0 Å². The summed E-state index contributed by atoms with van der Waals surface area (Å²) in [6.45, 7) is 1.42. The molecule has 0 spiro atoms. The van der Waals surface area contributed by atoms with Gasteiger partial charge >= 0.3 is 0 Å². The smallest absolute Gasteiger partial charge is 0.0284 e. The van der Waals surface area contributed by atoms with Crippen LogP contribution in [0, 0.1) is 5.92 Å². The van der Waals surface area contributed by atoms with Crippen molar-refractivity contribution in [2.24, 2.45) is 5.92 Å². The van der Waals surface area contributed by atoms with Gasteiger partial charge in [-0.2, -0.15) is 0 Å². The van der Waals surface area contributed by atoms with E-state index in [0.29, 0.717) is 0 Å². The van der Waals surface area contributed by atoms with E-state index in [9.17, 15) is 0 Å². The molecule has 74 valence electrons. The molecule has 2 aliphatic heterocycles. The van der Waals surface area contributed by atoms with Gasteiger partial charge in [-0.3, -0.25) is 4.90 Å². The molecule has 1 saturated carbocycles. The number of hydrogen-bond donors (Lipinski definition) is 0. The van der Waals surface area contributed by atoms with Gasteiger partial charge in [0, 0.05) is 12.1 Å². The first-order valence-corrected chi connectivity index (χ1v) is 6.22. The quantitative estimate of drug-likeness (QED) is 0.517. The zero-order valence-electron chi connectivity index (χ0n) is 8.54. The normalized spacial score (nSPS) is 49.8. The van der Waals surface area contributed by atoms with E-state index >= 15 is 0 Å². The average molecular weight is 179 g/mol.